The largest absolute Gasteiger partial charge is 0.321 e. The molecule has 4 aromatic rings. The van der Waals surface area contributed by atoms with Crippen molar-refractivity contribution < 1.29 is 4.79 Å². The molecule has 8 nitrogen and oxygen atoms in total. The molecule has 0 aliphatic carbocycles. The van der Waals surface area contributed by atoms with Gasteiger partial charge >= 0.3 is 0 Å². The minimum Gasteiger partial charge on any atom is -0.321 e. The van der Waals surface area contributed by atoms with Gasteiger partial charge in [-0.1, -0.05) is 0 Å². The van der Waals surface area contributed by atoms with E-state index in [0.717, 1.165) is 17.3 Å². The number of carbonyl (C=O) groups excluding carboxylic acids is 1. The zero-order chi connectivity index (χ0) is 17.9. The summed E-state index contributed by atoms with van der Waals surface area (Å²) in [6.07, 6.45) is 8.24. The summed E-state index contributed by atoms with van der Waals surface area (Å²) in [7, 11) is 0. The van der Waals surface area contributed by atoms with Crippen LogP contribution in [0.15, 0.2) is 67.6 Å². The van der Waals surface area contributed by atoms with E-state index in [-0.39, 0.29) is 5.91 Å². The second-order valence-corrected chi connectivity index (χ2v) is 5.59. The summed E-state index contributed by atoms with van der Waals surface area (Å²) in [5, 5.41) is 6.89. The van der Waals surface area contributed by atoms with E-state index in [9.17, 15) is 4.79 Å². The molecule has 0 bridgehead atoms. The van der Waals surface area contributed by atoms with Gasteiger partial charge in [0.15, 0.2) is 0 Å². The molecule has 1 aromatic carbocycles. The van der Waals surface area contributed by atoms with E-state index in [1.54, 1.807) is 35.5 Å². The molecule has 0 spiro atoms. The first-order chi connectivity index (χ1) is 12.7. The molecular weight excluding hydrogens is 330 g/mol. The monoisotopic (exact) mass is 345 g/mol. The number of anilines is 1. The first-order valence-corrected chi connectivity index (χ1v) is 7.93. The van der Waals surface area contributed by atoms with Crippen molar-refractivity contribution in [3.8, 4) is 11.5 Å². The number of rotatable bonds is 4. The number of hydrogen-bond acceptors (Lipinski definition) is 5. The molecule has 4 rings (SSSR count). The van der Waals surface area contributed by atoms with Crippen LogP contribution < -0.4 is 5.32 Å². The Bertz CT molecular complexity index is 1020. The number of pyridine rings is 1. The van der Waals surface area contributed by atoms with Crippen molar-refractivity contribution in [2.75, 3.05) is 5.32 Å². The Labute approximate surface area is 149 Å². The second-order valence-electron chi connectivity index (χ2n) is 5.59. The summed E-state index contributed by atoms with van der Waals surface area (Å²) >= 11 is 0. The topological polar surface area (TPSA) is 90.5 Å². The smallest absolute Gasteiger partial charge is 0.255 e. The zero-order valence-electron chi connectivity index (χ0n) is 13.9. The highest BCUT2D eigenvalue weighted by atomic mass is 16.1. The third kappa shape index (κ3) is 3.07. The molecule has 0 atom stereocenters. The Hall–Kier alpha value is -3.81. The fourth-order valence-electron chi connectivity index (χ4n) is 2.53. The van der Waals surface area contributed by atoms with Crippen LogP contribution in [0.5, 0.6) is 0 Å². The van der Waals surface area contributed by atoms with Gasteiger partial charge in [-0.25, -0.2) is 19.6 Å². The van der Waals surface area contributed by atoms with Crippen LogP contribution in [0.25, 0.3) is 11.5 Å². The third-order valence-electron chi connectivity index (χ3n) is 3.89. The van der Waals surface area contributed by atoms with Crippen molar-refractivity contribution in [1.29, 1.82) is 0 Å². The first kappa shape index (κ1) is 15.7. The van der Waals surface area contributed by atoms with Gasteiger partial charge in [0.1, 0.15) is 24.3 Å². The Balaban J connectivity index is 1.47. The van der Waals surface area contributed by atoms with Gasteiger partial charge in [-0.3, -0.25) is 9.36 Å². The molecule has 0 aliphatic rings. The summed E-state index contributed by atoms with van der Waals surface area (Å²) in [5.74, 6) is 1.39. The first-order valence-electron chi connectivity index (χ1n) is 7.93. The van der Waals surface area contributed by atoms with Crippen molar-refractivity contribution >= 4 is 11.6 Å². The average molecular weight is 345 g/mol. The lowest BCUT2D eigenvalue weighted by Crippen LogP contribution is -2.12. The number of carbonyl (C=O) groups is 1. The standard InChI is InChI=1S/C18H15N7O/c1-13-20-8-9-24(13)17-7-4-15(10-21-17)23-18(26)14-2-5-16(6-3-14)25-12-19-11-22-25/h2-12H,1H3,(H,23,26). The number of benzene rings is 1. The summed E-state index contributed by atoms with van der Waals surface area (Å²) in [4.78, 5) is 24.8. The van der Waals surface area contributed by atoms with Crippen molar-refractivity contribution in [2.24, 2.45) is 0 Å². The molecule has 0 aliphatic heterocycles. The Morgan fingerprint density at radius 2 is 1.92 bits per heavy atom. The van der Waals surface area contributed by atoms with Crippen LogP contribution in [0.4, 0.5) is 5.69 Å². The van der Waals surface area contributed by atoms with Crippen molar-refractivity contribution in [2.45, 2.75) is 6.92 Å². The van der Waals surface area contributed by atoms with Crippen molar-refractivity contribution in [3.63, 3.8) is 0 Å². The summed E-state index contributed by atoms with van der Waals surface area (Å²) in [5.41, 5.74) is 2.00. The fraction of sp³-hybridized carbons (Fsp3) is 0.0556. The molecule has 1 amide bonds. The number of hydrogen-bond donors (Lipinski definition) is 1. The van der Waals surface area contributed by atoms with Crippen LogP contribution in [-0.2, 0) is 0 Å². The van der Waals surface area contributed by atoms with E-state index in [0.29, 0.717) is 11.3 Å². The molecule has 0 radical (unpaired) electrons. The minimum absolute atomic E-state index is 0.205. The number of aromatic nitrogens is 6. The molecule has 8 heteroatoms. The van der Waals surface area contributed by atoms with Crippen LogP contribution in [0.1, 0.15) is 16.2 Å². The molecule has 0 saturated heterocycles. The number of nitrogens with zero attached hydrogens (tertiary/aromatic N) is 6. The van der Waals surface area contributed by atoms with E-state index >= 15 is 0 Å². The highest BCUT2D eigenvalue weighted by molar-refractivity contribution is 6.04. The summed E-state index contributed by atoms with van der Waals surface area (Å²) in [6, 6.07) is 10.7. The number of amides is 1. The summed E-state index contributed by atoms with van der Waals surface area (Å²) in [6.45, 7) is 1.90. The number of imidazole rings is 1. The van der Waals surface area contributed by atoms with Crippen LogP contribution in [0, 0.1) is 6.92 Å². The molecular formula is C18H15N7O. The number of nitrogens with one attached hydrogen (secondary N) is 1. The molecule has 1 N–H and O–H groups in total. The van der Waals surface area contributed by atoms with Crippen LogP contribution >= 0.6 is 0 Å². The van der Waals surface area contributed by atoms with Crippen LogP contribution in [0.2, 0.25) is 0 Å². The predicted molar refractivity (Wildman–Crippen MR) is 95.4 cm³/mol. The molecule has 3 aromatic heterocycles. The lowest BCUT2D eigenvalue weighted by Gasteiger charge is -2.08. The van der Waals surface area contributed by atoms with Gasteiger partial charge in [0.2, 0.25) is 0 Å². The Morgan fingerprint density at radius 1 is 1.08 bits per heavy atom. The van der Waals surface area contributed by atoms with E-state index in [1.807, 2.05) is 42.0 Å². The van der Waals surface area contributed by atoms with Crippen molar-refractivity contribution in [1.82, 2.24) is 29.3 Å². The molecule has 128 valence electrons. The van der Waals surface area contributed by atoms with Gasteiger partial charge < -0.3 is 5.32 Å². The SMILES string of the molecule is Cc1nccn1-c1ccc(NC(=O)c2ccc(-n3cncn3)cc2)cn1. The van der Waals surface area contributed by atoms with E-state index < -0.39 is 0 Å². The molecule has 3 heterocycles. The van der Waals surface area contributed by atoms with E-state index in [4.69, 9.17) is 0 Å². The summed E-state index contributed by atoms with van der Waals surface area (Å²) < 4.78 is 3.50. The van der Waals surface area contributed by atoms with Gasteiger partial charge in [-0.15, -0.1) is 0 Å². The van der Waals surface area contributed by atoms with Crippen LogP contribution in [0.3, 0.4) is 0 Å². The van der Waals surface area contributed by atoms with Gasteiger partial charge in [-0.2, -0.15) is 5.10 Å². The minimum atomic E-state index is -0.205. The Kier molecular flexibility index (Phi) is 3.98. The van der Waals surface area contributed by atoms with Gasteiger partial charge in [0, 0.05) is 18.0 Å². The highest BCUT2D eigenvalue weighted by Gasteiger charge is 2.08. The highest BCUT2D eigenvalue weighted by Crippen LogP contribution is 2.14. The normalized spacial score (nSPS) is 10.7. The maximum Gasteiger partial charge on any atom is 0.255 e. The van der Waals surface area contributed by atoms with Gasteiger partial charge in [0.25, 0.3) is 5.91 Å². The maximum atomic E-state index is 12.4. The zero-order valence-corrected chi connectivity index (χ0v) is 13.9. The third-order valence-corrected chi connectivity index (χ3v) is 3.89. The predicted octanol–water partition coefficient (Wildman–Crippen LogP) is 2.41. The lowest BCUT2D eigenvalue weighted by molar-refractivity contribution is 0.102. The fourth-order valence-corrected chi connectivity index (χ4v) is 2.53. The average Bonchev–Trinajstić information content (AvgIpc) is 3.34. The molecule has 26 heavy (non-hydrogen) atoms. The van der Waals surface area contributed by atoms with Crippen molar-refractivity contribution in [3.05, 3.63) is 79.0 Å². The van der Waals surface area contributed by atoms with Crippen LogP contribution in [-0.4, -0.2) is 35.2 Å². The van der Waals surface area contributed by atoms with E-state index in [1.165, 1.54) is 6.33 Å². The maximum absolute atomic E-state index is 12.4. The molecule has 0 fully saturated rings. The Morgan fingerprint density at radius 3 is 2.54 bits per heavy atom. The number of aryl methyl sites for hydroxylation is 1. The lowest BCUT2D eigenvalue weighted by atomic mass is 10.2. The quantitative estimate of drug-likeness (QED) is 0.613. The van der Waals surface area contributed by atoms with E-state index in [2.05, 4.69) is 25.4 Å². The molecule has 0 saturated carbocycles. The van der Waals surface area contributed by atoms with Gasteiger partial charge in [-0.05, 0) is 43.3 Å². The second kappa shape index (κ2) is 6.60. The molecule has 0 unspecified atom stereocenters. The van der Waals surface area contributed by atoms with Gasteiger partial charge in [0.05, 0.1) is 17.6 Å².